The van der Waals surface area contributed by atoms with E-state index < -0.39 is 54.8 Å². The smallest absolute Gasteiger partial charge is 0.336 e. The average molecular weight is 480 g/mol. The van der Waals surface area contributed by atoms with Crippen LogP contribution in [0.5, 0.6) is 5.75 Å². The molecular formula is C23H25FO10. The van der Waals surface area contributed by atoms with Crippen LogP contribution in [0.15, 0.2) is 27.4 Å². The third kappa shape index (κ3) is 5.90. The van der Waals surface area contributed by atoms with Gasteiger partial charge in [0, 0.05) is 32.2 Å². The highest BCUT2D eigenvalue weighted by Gasteiger charge is 2.44. The van der Waals surface area contributed by atoms with E-state index in [1.165, 1.54) is 32.9 Å². The van der Waals surface area contributed by atoms with Gasteiger partial charge in [-0.25, -0.2) is 9.18 Å². The SMILES string of the molecule is CC(=O)OC[C@H]1OC(Oc2ccc3c(C)cc(=O)oc3c2CF)C[C@@H](OC(C)=O)[C@H]1OC(C)=O. The minimum absolute atomic E-state index is 0.00424. The molecule has 184 valence electrons. The second-order valence-electron chi connectivity index (χ2n) is 7.78. The molecule has 1 aromatic heterocycles. The van der Waals surface area contributed by atoms with Gasteiger partial charge in [0.15, 0.2) is 6.10 Å². The van der Waals surface area contributed by atoms with Gasteiger partial charge in [0.1, 0.15) is 36.8 Å². The van der Waals surface area contributed by atoms with Crippen LogP contribution in [0.4, 0.5) is 4.39 Å². The number of halogens is 1. The molecule has 0 N–H and O–H groups in total. The molecule has 1 unspecified atom stereocenters. The molecule has 2 heterocycles. The van der Waals surface area contributed by atoms with Crippen LogP contribution in [0.3, 0.4) is 0 Å². The molecule has 34 heavy (non-hydrogen) atoms. The fraction of sp³-hybridized carbons (Fsp3) is 0.478. The third-order valence-electron chi connectivity index (χ3n) is 5.13. The van der Waals surface area contributed by atoms with Crippen LogP contribution < -0.4 is 10.4 Å². The Morgan fingerprint density at radius 2 is 1.79 bits per heavy atom. The van der Waals surface area contributed by atoms with Gasteiger partial charge in [-0.3, -0.25) is 14.4 Å². The van der Waals surface area contributed by atoms with Gasteiger partial charge in [0.2, 0.25) is 6.29 Å². The van der Waals surface area contributed by atoms with Crippen molar-refractivity contribution < 1.29 is 46.9 Å². The molecule has 1 saturated heterocycles. The summed E-state index contributed by atoms with van der Waals surface area (Å²) in [5.74, 6) is -1.84. The molecule has 2 aromatic rings. The van der Waals surface area contributed by atoms with Crippen LogP contribution in [0, 0.1) is 6.92 Å². The lowest BCUT2D eigenvalue weighted by Crippen LogP contribution is -2.54. The maximum atomic E-state index is 14.0. The Hall–Kier alpha value is -3.47. The van der Waals surface area contributed by atoms with Gasteiger partial charge in [-0.2, -0.15) is 0 Å². The summed E-state index contributed by atoms with van der Waals surface area (Å²) in [5, 5.41) is 0.546. The van der Waals surface area contributed by atoms with E-state index >= 15 is 0 Å². The summed E-state index contributed by atoms with van der Waals surface area (Å²) >= 11 is 0. The van der Waals surface area contributed by atoms with Gasteiger partial charge < -0.3 is 28.1 Å². The topological polar surface area (TPSA) is 128 Å². The number of rotatable bonds is 7. The van der Waals surface area contributed by atoms with Crippen molar-refractivity contribution in [3.8, 4) is 5.75 Å². The normalized spacial score (nSPS) is 22.1. The highest BCUT2D eigenvalue weighted by Crippen LogP contribution is 2.33. The van der Waals surface area contributed by atoms with Crippen molar-refractivity contribution in [3.05, 3.63) is 39.7 Å². The standard InChI is InChI=1S/C23H25FO10/c1-11-7-20(28)34-22-15(11)5-6-17(16(22)9-24)32-21-8-18(30-13(3)26)23(31-14(4)27)19(33-21)10-29-12(2)25/h5-7,18-19,21,23H,8-10H2,1-4H3/t18-,19-,21?,23-/m1/s1. The van der Waals surface area contributed by atoms with Crippen LogP contribution in [-0.2, 0) is 40.0 Å². The molecule has 0 amide bonds. The molecule has 0 radical (unpaired) electrons. The first-order valence-corrected chi connectivity index (χ1v) is 10.5. The van der Waals surface area contributed by atoms with E-state index in [-0.39, 0.29) is 29.9 Å². The number of hydrogen-bond acceptors (Lipinski definition) is 10. The molecule has 10 nitrogen and oxygen atoms in total. The number of hydrogen-bond donors (Lipinski definition) is 0. The number of fused-ring (bicyclic) bond motifs is 1. The zero-order chi connectivity index (χ0) is 25.0. The molecule has 0 aliphatic carbocycles. The van der Waals surface area contributed by atoms with Crippen LogP contribution in [-0.4, -0.2) is 49.1 Å². The first kappa shape index (κ1) is 25.2. The lowest BCUT2D eigenvalue weighted by atomic mass is 10.0. The largest absolute Gasteiger partial charge is 0.464 e. The number of aryl methyl sites for hydroxylation is 1. The summed E-state index contributed by atoms with van der Waals surface area (Å²) in [6, 6.07) is 4.42. The molecular weight excluding hydrogens is 455 g/mol. The van der Waals surface area contributed by atoms with Crippen molar-refractivity contribution in [2.24, 2.45) is 0 Å². The number of carbonyl (C=O) groups is 3. The van der Waals surface area contributed by atoms with Crippen molar-refractivity contribution >= 4 is 28.9 Å². The van der Waals surface area contributed by atoms with Gasteiger partial charge in [-0.05, 0) is 24.6 Å². The minimum Gasteiger partial charge on any atom is -0.464 e. The Morgan fingerprint density at radius 3 is 2.41 bits per heavy atom. The Kier molecular flexibility index (Phi) is 7.87. The van der Waals surface area contributed by atoms with E-state index in [0.717, 1.165) is 0 Å². The van der Waals surface area contributed by atoms with Gasteiger partial charge in [-0.1, -0.05) is 0 Å². The van der Waals surface area contributed by atoms with Gasteiger partial charge in [-0.15, -0.1) is 0 Å². The molecule has 1 fully saturated rings. The molecule has 11 heteroatoms. The second kappa shape index (κ2) is 10.6. The lowest BCUT2D eigenvalue weighted by molar-refractivity contribution is -0.245. The van der Waals surface area contributed by atoms with Crippen molar-refractivity contribution in [1.82, 2.24) is 0 Å². The lowest BCUT2D eigenvalue weighted by Gasteiger charge is -2.40. The van der Waals surface area contributed by atoms with Crippen LogP contribution >= 0.6 is 0 Å². The number of carbonyl (C=O) groups excluding carboxylic acids is 3. The fourth-order valence-electron chi connectivity index (χ4n) is 3.77. The van der Waals surface area contributed by atoms with Crippen LogP contribution in [0.25, 0.3) is 11.0 Å². The van der Waals surface area contributed by atoms with E-state index in [4.69, 9.17) is 28.1 Å². The molecule has 1 aliphatic heterocycles. The summed E-state index contributed by atoms with van der Waals surface area (Å²) in [6.07, 6.45) is -4.27. The zero-order valence-electron chi connectivity index (χ0n) is 19.1. The van der Waals surface area contributed by atoms with Gasteiger partial charge >= 0.3 is 23.5 Å². The van der Waals surface area contributed by atoms with Crippen molar-refractivity contribution in [2.75, 3.05) is 6.61 Å². The fourth-order valence-corrected chi connectivity index (χ4v) is 3.77. The Balaban J connectivity index is 1.94. The van der Waals surface area contributed by atoms with Crippen LogP contribution in [0.2, 0.25) is 0 Å². The van der Waals surface area contributed by atoms with Gasteiger partial charge in [0.25, 0.3) is 0 Å². The number of alkyl halides is 1. The van der Waals surface area contributed by atoms with Crippen molar-refractivity contribution in [1.29, 1.82) is 0 Å². The third-order valence-corrected chi connectivity index (χ3v) is 5.13. The predicted octanol–water partition coefficient (Wildman–Crippen LogP) is 2.49. The summed E-state index contributed by atoms with van der Waals surface area (Å²) in [7, 11) is 0. The molecule has 0 bridgehead atoms. The quantitative estimate of drug-likeness (QED) is 0.331. The molecule has 0 spiro atoms. The van der Waals surface area contributed by atoms with E-state index in [2.05, 4.69) is 0 Å². The molecule has 0 saturated carbocycles. The Morgan fingerprint density at radius 1 is 1.09 bits per heavy atom. The van der Waals surface area contributed by atoms with Crippen molar-refractivity contribution in [3.63, 3.8) is 0 Å². The van der Waals surface area contributed by atoms with Gasteiger partial charge in [0.05, 0.1) is 12.0 Å². The maximum absolute atomic E-state index is 14.0. The predicted molar refractivity (Wildman–Crippen MR) is 114 cm³/mol. The first-order chi connectivity index (χ1) is 16.1. The Bertz CT molecular complexity index is 1140. The van der Waals surface area contributed by atoms with Crippen molar-refractivity contribution in [2.45, 2.75) is 65.4 Å². The second-order valence-corrected chi connectivity index (χ2v) is 7.78. The monoisotopic (exact) mass is 480 g/mol. The highest BCUT2D eigenvalue weighted by atomic mass is 19.1. The van der Waals surface area contributed by atoms with E-state index in [1.807, 2.05) is 0 Å². The number of esters is 3. The first-order valence-electron chi connectivity index (χ1n) is 10.5. The Labute approximate surface area is 193 Å². The zero-order valence-corrected chi connectivity index (χ0v) is 19.1. The van der Waals surface area contributed by atoms with Crippen LogP contribution in [0.1, 0.15) is 38.3 Å². The summed E-state index contributed by atoms with van der Waals surface area (Å²) in [4.78, 5) is 46.5. The number of ether oxygens (including phenoxy) is 5. The summed E-state index contributed by atoms with van der Waals surface area (Å²) in [5.41, 5.74) is 0.0320. The minimum atomic E-state index is -1.10. The number of benzene rings is 1. The van der Waals surface area contributed by atoms with E-state index in [9.17, 15) is 23.6 Å². The average Bonchev–Trinajstić information content (AvgIpc) is 2.73. The van der Waals surface area contributed by atoms with E-state index in [1.54, 1.807) is 13.0 Å². The summed E-state index contributed by atoms with van der Waals surface area (Å²) in [6.45, 7) is 3.95. The maximum Gasteiger partial charge on any atom is 0.336 e. The molecule has 1 aromatic carbocycles. The van der Waals surface area contributed by atoms with E-state index in [0.29, 0.717) is 10.9 Å². The molecule has 3 rings (SSSR count). The highest BCUT2D eigenvalue weighted by molar-refractivity contribution is 5.84. The molecule has 1 aliphatic rings. The summed E-state index contributed by atoms with van der Waals surface area (Å²) < 4.78 is 46.5. The molecule has 4 atom stereocenters.